The lowest BCUT2D eigenvalue weighted by Crippen LogP contribution is -2.50. The summed E-state index contributed by atoms with van der Waals surface area (Å²) in [4.78, 5) is 6.87. The molecule has 1 aliphatic rings. The molecule has 1 heterocycles. The zero-order valence-corrected chi connectivity index (χ0v) is 16.7. The van der Waals surface area contributed by atoms with E-state index in [2.05, 4.69) is 27.4 Å². The second-order valence-corrected chi connectivity index (χ2v) is 9.22. The highest BCUT2D eigenvalue weighted by Gasteiger charge is 2.22. The van der Waals surface area contributed by atoms with Crippen molar-refractivity contribution in [2.24, 2.45) is 4.99 Å². The van der Waals surface area contributed by atoms with Crippen LogP contribution >= 0.6 is 0 Å². The summed E-state index contributed by atoms with van der Waals surface area (Å²) in [6, 6.07) is 0.642. The first kappa shape index (κ1) is 21.2. The van der Waals surface area contributed by atoms with E-state index in [1.165, 1.54) is 51.4 Å². The van der Waals surface area contributed by atoms with E-state index in [0.29, 0.717) is 12.5 Å². The topological polar surface area (TPSA) is 73.8 Å². The molecule has 0 aromatic carbocycles. The first-order valence-corrected chi connectivity index (χ1v) is 11.3. The van der Waals surface area contributed by atoms with E-state index in [1.807, 2.05) is 6.92 Å². The van der Waals surface area contributed by atoms with Gasteiger partial charge in [0.1, 0.15) is 9.84 Å². The zero-order chi connectivity index (χ0) is 18.0. The van der Waals surface area contributed by atoms with Crippen molar-refractivity contribution in [3.05, 3.63) is 0 Å². The van der Waals surface area contributed by atoms with Crippen molar-refractivity contribution in [3.8, 4) is 0 Å². The lowest BCUT2D eigenvalue weighted by Gasteiger charge is -2.36. The Kier molecular flexibility index (Phi) is 9.66. The number of rotatable bonds is 9. The van der Waals surface area contributed by atoms with Crippen LogP contribution in [0.3, 0.4) is 0 Å². The normalized spacial score (nSPS) is 21.5. The van der Waals surface area contributed by atoms with Gasteiger partial charge in [0.2, 0.25) is 0 Å². The van der Waals surface area contributed by atoms with Crippen LogP contribution in [0.25, 0.3) is 0 Å². The van der Waals surface area contributed by atoms with E-state index >= 15 is 0 Å². The third-order valence-electron chi connectivity index (χ3n) is 4.58. The number of unbranched alkanes of at least 4 members (excludes halogenated alkanes) is 1. The van der Waals surface area contributed by atoms with Crippen molar-refractivity contribution in [1.82, 2.24) is 15.5 Å². The number of hydrogen-bond acceptors (Lipinski definition) is 4. The third kappa shape index (κ3) is 8.87. The number of hydrogen-bond donors (Lipinski definition) is 2. The maximum atomic E-state index is 11.3. The standard InChI is InChI=1S/C17H36N4O2S/c1-5-6-11-21-12-8-7-9-16(21)14-19-17(18-3)20-15(2)10-13-24(4,22)23/h15-16H,5-14H2,1-4H3,(H2,18,19,20). The van der Waals surface area contributed by atoms with Crippen LogP contribution in [-0.2, 0) is 9.84 Å². The maximum Gasteiger partial charge on any atom is 0.191 e. The molecule has 0 aliphatic carbocycles. The summed E-state index contributed by atoms with van der Waals surface area (Å²) in [5.74, 6) is 0.961. The van der Waals surface area contributed by atoms with Gasteiger partial charge in [-0.05, 0) is 45.7 Å². The molecule has 0 aromatic rings. The molecule has 0 spiro atoms. The molecule has 0 bridgehead atoms. The van der Waals surface area contributed by atoms with Gasteiger partial charge in [0.05, 0.1) is 5.75 Å². The summed E-state index contributed by atoms with van der Waals surface area (Å²) in [5, 5.41) is 6.71. The second kappa shape index (κ2) is 10.9. The molecule has 2 N–H and O–H groups in total. The molecule has 0 saturated carbocycles. The average molecular weight is 361 g/mol. The molecular formula is C17H36N4O2S. The van der Waals surface area contributed by atoms with Gasteiger partial charge in [0, 0.05) is 31.9 Å². The van der Waals surface area contributed by atoms with Gasteiger partial charge < -0.3 is 10.6 Å². The fourth-order valence-corrected chi connectivity index (χ4v) is 3.83. The Morgan fingerprint density at radius 3 is 2.75 bits per heavy atom. The fraction of sp³-hybridized carbons (Fsp3) is 0.941. The molecule has 7 heteroatoms. The van der Waals surface area contributed by atoms with Crippen molar-refractivity contribution >= 4 is 15.8 Å². The quantitative estimate of drug-likeness (QED) is 0.483. The lowest BCUT2D eigenvalue weighted by atomic mass is 10.0. The summed E-state index contributed by atoms with van der Waals surface area (Å²) in [6.45, 7) is 7.50. The molecular weight excluding hydrogens is 324 g/mol. The zero-order valence-electron chi connectivity index (χ0n) is 15.8. The van der Waals surface area contributed by atoms with Gasteiger partial charge in [-0.3, -0.25) is 9.89 Å². The fourth-order valence-electron chi connectivity index (χ4n) is 3.05. The van der Waals surface area contributed by atoms with E-state index in [9.17, 15) is 8.42 Å². The van der Waals surface area contributed by atoms with E-state index < -0.39 is 9.84 Å². The SMILES string of the molecule is CCCCN1CCCCC1CNC(=NC)NC(C)CCS(C)(=O)=O. The number of likely N-dealkylation sites (tertiary alicyclic amines) is 1. The van der Waals surface area contributed by atoms with Gasteiger partial charge in [0.25, 0.3) is 0 Å². The molecule has 2 unspecified atom stereocenters. The highest BCUT2D eigenvalue weighted by atomic mass is 32.2. The number of nitrogens with zero attached hydrogens (tertiary/aromatic N) is 2. The lowest BCUT2D eigenvalue weighted by molar-refractivity contribution is 0.147. The minimum absolute atomic E-state index is 0.0773. The van der Waals surface area contributed by atoms with E-state index in [1.54, 1.807) is 7.05 Å². The maximum absolute atomic E-state index is 11.3. The third-order valence-corrected chi connectivity index (χ3v) is 5.56. The summed E-state index contributed by atoms with van der Waals surface area (Å²) in [6.07, 6.45) is 8.19. The molecule has 24 heavy (non-hydrogen) atoms. The number of sulfone groups is 1. The smallest absolute Gasteiger partial charge is 0.191 e. The Hall–Kier alpha value is -0.820. The van der Waals surface area contributed by atoms with Gasteiger partial charge in [-0.15, -0.1) is 0 Å². The number of aliphatic imine (C=N–C) groups is 1. The van der Waals surface area contributed by atoms with Crippen LogP contribution in [0.4, 0.5) is 0 Å². The van der Waals surface area contributed by atoms with Crippen molar-refractivity contribution in [3.63, 3.8) is 0 Å². The molecule has 2 atom stereocenters. The van der Waals surface area contributed by atoms with Crippen LogP contribution in [0.1, 0.15) is 52.4 Å². The molecule has 1 aliphatic heterocycles. The molecule has 142 valence electrons. The van der Waals surface area contributed by atoms with E-state index in [-0.39, 0.29) is 11.8 Å². The summed E-state index contributed by atoms with van der Waals surface area (Å²) < 4.78 is 22.5. The largest absolute Gasteiger partial charge is 0.355 e. The predicted molar refractivity (Wildman–Crippen MR) is 102 cm³/mol. The summed E-state index contributed by atoms with van der Waals surface area (Å²) >= 11 is 0. The minimum Gasteiger partial charge on any atom is -0.355 e. The van der Waals surface area contributed by atoms with Gasteiger partial charge >= 0.3 is 0 Å². The monoisotopic (exact) mass is 360 g/mol. The van der Waals surface area contributed by atoms with Crippen LogP contribution in [-0.4, -0.2) is 70.1 Å². The van der Waals surface area contributed by atoms with Crippen LogP contribution in [0, 0.1) is 0 Å². The van der Waals surface area contributed by atoms with Crippen LogP contribution < -0.4 is 10.6 Å². The van der Waals surface area contributed by atoms with Crippen molar-refractivity contribution in [1.29, 1.82) is 0 Å². The second-order valence-electron chi connectivity index (χ2n) is 6.96. The minimum atomic E-state index is -2.91. The van der Waals surface area contributed by atoms with Crippen molar-refractivity contribution < 1.29 is 8.42 Å². The summed E-state index contributed by atoms with van der Waals surface area (Å²) in [7, 11) is -1.16. The van der Waals surface area contributed by atoms with Crippen molar-refractivity contribution in [2.45, 2.75) is 64.5 Å². The van der Waals surface area contributed by atoms with Gasteiger partial charge in [-0.25, -0.2) is 8.42 Å². The Labute approximate surface area is 148 Å². The molecule has 6 nitrogen and oxygen atoms in total. The van der Waals surface area contributed by atoms with Crippen LogP contribution in [0.15, 0.2) is 4.99 Å². The molecule has 0 aromatic heterocycles. The number of nitrogens with one attached hydrogen (secondary N) is 2. The highest BCUT2D eigenvalue weighted by Crippen LogP contribution is 2.17. The first-order valence-electron chi connectivity index (χ1n) is 9.24. The molecule has 1 fully saturated rings. The Morgan fingerprint density at radius 1 is 1.38 bits per heavy atom. The highest BCUT2D eigenvalue weighted by molar-refractivity contribution is 7.90. The van der Waals surface area contributed by atoms with Gasteiger partial charge in [-0.2, -0.15) is 0 Å². The molecule has 0 amide bonds. The summed E-state index contributed by atoms with van der Waals surface area (Å²) in [5.41, 5.74) is 0. The Bertz CT molecular complexity index is 479. The predicted octanol–water partition coefficient (Wildman–Crippen LogP) is 1.63. The molecule has 1 saturated heterocycles. The number of piperidine rings is 1. The molecule has 1 rings (SSSR count). The Balaban J connectivity index is 2.41. The number of guanidine groups is 1. The first-order chi connectivity index (χ1) is 11.4. The Morgan fingerprint density at radius 2 is 2.12 bits per heavy atom. The van der Waals surface area contributed by atoms with Gasteiger partial charge in [-0.1, -0.05) is 19.8 Å². The average Bonchev–Trinajstić information content (AvgIpc) is 2.55. The van der Waals surface area contributed by atoms with Crippen LogP contribution in [0.5, 0.6) is 0 Å². The van der Waals surface area contributed by atoms with E-state index in [0.717, 1.165) is 12.5 Å². The van der Waals surface area contributed by atoms with Gasteiger partial charge in [0.15, 0.2) is 5.96 Å². The van der Waals surface area contributed by atoms with E-state index in [4.69, 9.17) is 0 Å². The van der Waals surface area contributed by atoms with Crippen molar-refractivity contribution in [2.75, 3.05) is 38.7 Å². The van der Waals surface area contributed by atoms with Crippen LogP contribution in [0.2, 0.25) is 0 Å². The molecule has 0 radical (unpaired) electrons.